The van der Waals surface area contributed by atoms with E-state index in [9.17, 15) is 8.42 Å². The molecule has 0 atom stereocenters. The minimum atomic E-state index is -3.66. The Morgan fingerprint density at radius 1 is 1.39 bits per heavy atom. The molecule has 0 saturated carbocycles. The number of nitrogens with one attached hydrogen (secondary N) is 2. The number of hydrogen-bond acceptors (Lipinski definition) is 4. The normalized spacial score (nSPS) is 12.9. The fourth-order valence-corrected chi connectivity index (χ4v) is 2.68. The Labute approximate surface area is 108 Å². The number of rotatable bonds is 5. The number of aliphatic hydroxyl groups is 1. The van der Waals surface area contributed by atoms with Crippen LogP contribution in [0.4, 0.5) is 0 Å². The first-order valence-electron chi connectivity index (χ1n) is 5.82. The third-order valence-corrected chi connectivity index (χ3v) is 4.05. The predicted molar refractivity (Wildman–Crippen MR) is 68.5 cm³/mol. The van der Waals surface area contributed by atoms with E-state index in [0.717, 1.165) is 6.42 Å². The van der Waals surface area contributed by atoms with E-state index in [2.05, 4.69) is 14.9 Å². The molecule has 7 heteroatoms. The molecule has 0 fully saturated rings. The number of aryl methyl sites for hydroxylation is 1. The highest BCUT2D eigenvalue weighted by molar-refractivity contribution is 7.89. The Kier molecular flexibility index (Phi) is 4.52. The molecular weight excluding hydrogens is 254 g/mol. The molecule has 0 aliphatic heterocycles. The highest BCUT2D eigenvalue weighted by atomic mass is 32.2. The first-order valence-corrected chi connectivity index (χ1v) is 7.30. The van der Waals surface area contributed by atoms with Gasteiger partial charge in [0.25, 0.3) is 10.0 Å². The molecule has 0 aliphatic rings. The van der Waals surface area contributed by atoms with Crippen LogP contribution in [0.1, 0.15) is 38.4 Å². The Bertz CT molecular complexity index is 500. The van der Waals surface area contributed by atoms with Gasteiger partial charge in [0.05, 0.1) is 6.61 Å². The van der Waals surface area contributed by atoms with Gasteiger partial charge >= 0.3 is 0 Å². The van der Waals surface area contributed by atoms with Crippen molar-refractivity contribution in [2.24, 2.45) is 5.41 Å². The van der Waals surface area contributed by atoms with Crippen molar-refractivity contribution < 1.29 is 13.5 Å². The maximum absolute atomic E-state index is 12.0. The van der Waals surface area contributed by atoms with Crippen LogP contribution in [-0.2, 0) is 16.6 Å². The van der Waals surface area contributed by atoms with E-state index >= 15 is 0 Å². The molecular formula is C11H21N3O3S. The van der Waals surface area contributed by atoms with Gasteiger partial charge in [-0.3, -0.25) is 5.10 Å². The number of H-pyrrole nitrogens is 1. The highest BCUT2D eigenvalue weighted by Crippen LogP contribution is 2.19. The van der Waals surface area contributed by atoms with Crippen LogP contribution in [0.15, 0.2) is 5.03 Å². The van der Waals surface area contributed by atoms with Gasteiger partial charge < -0.3 is 5.11 Å². The number of aromatic amines is 1. The lowest BCUT2D eigenvalue weighted by Gasteiger charge is -2.17. The smallest absolute Gasteiger partial charge is 0.260 e. The lowest BCUT2D eigenvalue weighted by molar-refractivity contribution is 0.277. The zero-order valence-electron chi connectivity index (χ0n) is 11.2. The number of nitrogens with zero attached hydrogens (tertiary/aromatic N) is 1. The molecule has 0 spiro atoms. The zero-order valence-corrected chi connectivity index (χ0v) is 12.1. The summed E-state index contributed by atoms with van der Waals surface area (Å²) in [6.07, 6.45) is 0.726. The Balaban J connectivity index is 2.81. The number of aromatic nitrogens is 2. The van der Waals surface area contributed by atoms with Crippen LogP contribution in [-0.4, -0.2) is 30.3 Å². The molecule has 1 aromatic rings. The molecule has 104 valence electrons. The molecule has 0 bridgehead atoms. The monoisotopic (exact) mass is 275 g/mol. The summed E-state index contributed by atoms with van der Waals surface area (Å²) in [6.45, 7) is 7.80. The summed E-state index contributed by atoms with van der Waals surface area (Å²) < 4.78 is 26.5. The third-order valence-electron chi connectivity index (χ3n) is 2.62. The largest absolute Gasteiger partial charge is 0.392 e. The van der Waals surface area contributed by atoms with Crippen molar-refractivity contribution in [3.8, 4) is 0 Å². The molecule has 0 unspecified atom stereocenters. The van der Waals surface area contributed by atoms with Gasteiger partial charge in [0.2, 0.25) is 0 Å². The van der Waals surface area contributed by atoms with E-state index in [4.69, 9.17) is 5.11 Å². The van der Waals surface area contributed by atoms with Gasteiger partial charge in [0, 0.05) is 17.8 Å². The van der Waals surface area contributed by atoms with E-state index < -0.39 is 10.0 Å². The summed E-state index contributed by atoms with van der Waals surface area (Å²) in [7, 11) is -3.66. The van der Waals surface area contributed by atoms with Gasteiger partial charge in [0.1, 0.15) is 0 Å². The molecule has 1 rings (SSSR count). The molecule has 3 N–H and O–H groups in total. The summed E-state index contributed by atoms with van der Waals surface area (Å²) in [5, 5.41) is 15.3. The quantitative estimate of drug-likeness (QED) is 0.745. The molecule has 0 aliphatic carbocycles. The molecule has 0 radical (unpaired) electrons. The van der Waals surface area contributed by atoms with Crippen LogP contribution < -0.4 is 4.72 Å². The first kappa shape index (κ1) is 15.1. The summed E-state index contributed by atoms with van der Waals surface area (Å²) in [6, 6.07) is 0. The average molecular weight is 275 g/mol. The van der Waals surface area contributed by atoms with Gasteiger partial charge in [-0.15, -0.1) is 0 Å². The lowest BCUT2D eigenvalue weighted by Crippen LogP contribution is -2.28. The van der Waals surface area contributed by atoms with Crippen LogP contribution in [0, 0.1) is 12.3 Å². The molecule has 0 amide bonds. The van der Waals surface area contributed by atoms with Crippen molar-refractivity contribution in [2.45, 2.75) is 45.7 Å². The van der Waals surface area contributed by atoms with Crippen LogP contribution in [0.3, 0.4) is 0 Å². The predicted octanol–water partition coefficient (Wildman–Crippen LogP) is 0.925. The van der Waals surface area contributed by atoms with Crippen LogP contribution in [0.5, 0.6) is 0 Å². The Hall–Kier alpha value is -0.920. The van der Waals surface area contributed by atoms with Crippen molar-refractivity contribution in [1.29, 1.82) is 0 Å². The topological polar surface area (TPSA) is 95.1 Å². The fourth-order valence-electron chi connectivity index (χ4n) is 1.47. The number of aliphatic hydroxyl groups excluding tert-OH is 1. The molecule has 6 nitrogen and oxygen atoms in total. The van der Waals surface area contributed by atoms with Gasteiger partial charge in [-0.2, -0.15) is 5.10 Å². The van der Waals surface area contributed by atoms with Gasteiger partial charge in [-0.25, -0.2) is 13.1 Å². The second-order valence-corrected chi connectivity index (χ2v) is 7.18. The summed E-state index contributed by atoms with van der Waals surface area (Å²) in [5.41, 5.74) is 0.941. The van der Waals surface area contributed by atoms with E-state index in [1.807, 2.05) is 20.8 Å². The standard InChI is InChI=1S/C11H21N3O3S/c1-8-9(7-15)10(14-13-8)18(16,17)12-6-5-11(2,3)4/h12,15H,5-7H2,1-4H3,(H,13,14). The van der Waals surface area contributed by atoms with Crippen LogP contribution in [0.25, 0.3) is 0 Å². The number of sulfonamides is 1. The van der Waals surface area contributed by atoms with Gasteiger partial charge in [-0.1, -0.05) is 20.8 Å². The van der Waals surface area contributed by atoms with Crippen LogP contribution in [0.2, 0.25) is 0 Å². The maximum atomic E-state index is 12.0. The molecule has 18 heavy (non-hydrogen) atoms. The zero-order chi connectivity index (χ0) is 14.0. The van der Waals surface area contributed by atoms with E-state index in [-0.39, 0.29) is 17.0 Å². The lowest BCUT2D eigenvalue weighted by atomic mass is 9.93. The van der Waals surface area contributed by atoms with Gasteiger partial charge in [-0.05, 0) is 18.8 Å². The van der Waals surface area contributed by atoms with Crippen molar-refractivity contribution in [3.05, 3.63) is 11.3 Å². The Morgan fingerprint density at radius 3 is 2.50 bits per heavy atom. The van der Waals surface area contributed by atoms with E-state index in [0.29, 0.717) is 17.8 Å². The summed E-state index contributed by atoms with van der Waals surface area (Å²) in [5.74, 6) is 0. The van der Waals surface area contributed by atoms with Gasteiger partial charge in [0.15, 0.2) is 5.03 Å². The van der Waals surface area contributed by atoms with Crippen molar-refractivity contribution in [3.63, 3.8) is 0 Å². The van der Waals surface area contributed by atoms with Crippen molar-refractivity contribution in [2.75, 3.05) is 6.54 Å². The second kappa shape index (κ2) is 5.38. The Morgan fingerprint density at radius 2 is 2.00 bits per heavy atom. The maximum Gasteiger partial charge on any atom is 0.260 e. The fraction of sp³-hybridized carbons (Fsp3) is 0.727. The van der Waals surface area contributed by atoms with Crippen molar-refractivity contribution >= 4 is 10.0 Å². The average Bonchev–Trinajstić information content (AvgIpc) is 2.57. The van der Waals surface area contributed by atoms with Crippen molar-refractivity contribution in [1.82, 2.24) is 14.9 Å². The minimum Gasteiger partial charge on any atom is -0.392 e. The highest BCUT2D eigenvalue weighted by Gasteiger charge is 2.23. The summed E-state index contributed by atoms with van der Waals surface area (Å²) >= 11 is 0. The second-order valence-electron chi connectivity index (χ2n) is 5.50. The molecule has 0 saturated heterocycles. The van der Waals surface area contributed by atoms with E-state index in [1.165, 1.54) is 0 Å². The SMILES string of the molecule is Cc1[nH]nc(S(=O)(=O)NCCC(C)(C)C)c1CO. The van der Waals surface area contributed by atoms with E-state index in [1.54, 1.807) is 6.92 Å². The molecule has 1 heterocycles. The minimum absolute atomic E-state index is 0.0593. The molecule has 1 aromatic heterocycles. The van der Waals surface area contributed by atoms with Crippen LogP contribution >= 0.6 is 0 Å². The summed E-state index contributed by atoms with van der Waals surface area (Å²) in [4.78, 5) is 0. The number of hydrogen-bond donors (Lipinski definition) is 3. The third kappa shape index (κ3) is 3.79. The molecule has 0 aromatic carbocycles. The first-order chi connectivity index (χ1) is 8.17.